The summed E-state index contributed by atoms with van der Waals surface area (Å²) in [4.78, 5) is 27.3. The van der Waals surface area contributed by atoms with E-state index in [0.717, 1.165) is 5.56 Å². The highest BCUT2D eigenvalue weighted by Gasteiger charge is 2.23. The van der Waals surface area contributed by atoms with Gasteiger partial charge in [-0.2, -0.15) is 0 Å². The molecule has 3 rings (SSSR count). The molecule has 2 heterocycles. The van der Waals surface area contributed by atoms with E-state index in [1.54, 1.807) is 35.2 Å². The summed E-state index contributed by atoms with van der Waals surface area (Å²) in [7, 11) is 0. The summed E-state index contributed by atoms with van der Waals surface area (Å²) in [6.07, 6.45) is 3.08. The molecule has 0 unspecified atom stereocenters. The van der Waals surface area contributed by atoms with E-state index in [-0.39, 0.29) is 22.9 Å². The Kier molecular flexibility index (Phi) is 5.99. The molecule has 0 radical (unpaired) electrons. The molecule has 1 aliphatic heterocycles. The van der Waals surface area contributed by atoms with Gasteiger partial charge in [-0.25, -0.2) is 0 Å². The van der Waals surface area contributed by atoms with Gasteiger partial charge in [-0.3, -0.25) is 9.59 Å². The summed E-state index contributed by atoms with van der Waals surface area (Å²) in [6, 6.07) is 10.9. The molecule has 28 heavy (non-hydrogen) atoms. The number of amides is 2. The van der Waals surface area contributed by atoms with Gasteiger partial charge in [-0.05, 0) is 35.2 Å². The normalized spacial score (nSPS) is 15.4. The second kappa shape index (κ2) is 8.44. The fourth-order valence-corrected chi connectivity index (χ4v) is 2.92. The molecule has 0 bridgehead atoms. The molecular weight excluding hydrogens is 356 g/mol. The van der Waals surface area contributed by atoms with E-state index >= 15 is 0 Å². The van der Waals surface area contributed by atoms with Crippen molar-refractivity contribution >= 4 is 17.9 Å². The van der Waals surface area contributed by atoms with Crippen LogP contribution in [0.2, 0.25) is 0 Å². The summed E-state index contributed by atoms with van der Waals surface area (Å²) < 4.78 is 10.6. The second-order valence-corrected chi connectivity index (χ2v) is 7.76. The minimum atomic E-state index is -0.333. The Morgan fingerprint density at radius 1 is 1.07 bits per heavy atom. The van der Waals surface area contributed by atoms with Gasteiger partial charge >= 0.3 is 0 Å². The van der Waals surface area contributed by atoms with Gasteiger partial charge in [-0.1, -0.05) is 32.9 Å². The minimum absolute atomic E-state index is 0.00561. The second-order valence-electron chi connectivity index (χ2n) is 7.76. The lowest BCUT2D eigenvalue weighted by Crippen LogP contribution is -2.44. The Labute approximate surface area is 165 Å². The number of carbonyl (C=O) groups is 2. The van der Waals surface area contributed by atoms with E-state index in [1.807, 2.05) is 12.1 Å². The molecule has 1 N–H and O–H groups in total. The Balaban J connectivity index is 1.80. The van der Waals surface area contributed by atoms with Gasteiger partial charge < -0.3 is 19.4 Å². The van der Waals surface area contributed by atoms with Crippen LogP contribution in [0.15, 0.2) is 52.8 Å². The summed E-state index contributed by atoms with van der Waals surface area (Å²) in [5.41, 5.74) is 1.82. The number of nitrogens with one attached hydrogen (secondary N) is 1. The first-order chi connectivity index (χ1) is 13.3. The zero-order chi connectivity index (χ0) is 20.1. The summed E-state index contributed by atoms with van der Waals surface area (Å²) in [5, 5.41) is 2.76. The van der Waals surface area contributed by atoms with Crippen LogP contribution in [0.3, 0.4) is 0 Å². The summed E-state index contributed by atoms with van der Waals surface area (Å²) in [6.45, 7) is 8.31. The van der Waals surface area contributed by atoms with Crippen molar-refractivity contribution in [3.63, 3.8) is 0 Å². The van der Waals surface area contributed by atoms with Crippen LogP contribution in [0.25, 0.3) is 6.08 Å². The van der Waals surface area contributed by atoms with Crippen molar-refractivity contribution in [3.8, 4) is 0 Å². The number of morpholine rings is 1. The standard InChI is InChI=1S/C22H26N2O4/c1-22(2,3)17-8-6-16(7-9-17)20(25)23-19(15-18-5-4-12-28-18)21(26)24-10-13-27-14-11-24/h4-9,12,15H,10-11,13-14H2,1-3H3,(H,23,25). The molecule has 0 aliphatic carbocycles. The van der Waals surface area contributed by atoms with Crippen LogP contribution in [0.1, 0.15) is 42.5 Å². The van der Waals surface area contributed by atoms with Gasteiger partial charge in [0.2, 0.25) is 0 Å². The van der Waals surface area contributed by atoms with E-state index in [1.165, 1.54) is 6.26 Å². The maximum absolute atomic E-state index is 12.9. The topological polar surface area (TPSA) is 71.8 Å². The molecule has 2 aromatic rings. The number of carbonyl (C=O) groups excluding carboxylic acids is 2. The molecule has 2 amide bonds. The minimum Gasteiger partial charge on any atom is -0.465 e. The average molecular weight is 382 g/mol. The number of benzene rings is 1. The lowest BCUT2D eigenvalue weighted by atomic mass is 9.87. The van der Waals surface area contributed by atoms with Gasteiger partial charge in [0.05, 0.1) is 19.5 Å². The highest BCUT2D eigenvalue weighted by atomic mass is 16.5. The van der Waals surface area contributed by atoms with Crippen LogP contribution in [-0.4, -0.2) is 43.0 Å². The molecule has 148 valence electrons. The fraction of sp³-hybridized carbons (Fsp3) is 0.364. The molecular formula is C22H26N2O4. The molecule has 0 spiro atoms. The highest BCUT2D eigenvalue weighted by Crippen LogP contribution is 2.22. The van der Waals surface area contributed by atoms with Crippen LogP contribution >= 0.6 is 0 Å². The quantitative estimate of drug-likeness (QED) is 0.825. The maximum Gasteiger partial charge on any atom is 0.270 e. The first-order valence-electron chi connectivity index (χ1n) is 9.39. The van der Waals surface area contributed by atoms with Crippen molar-refractivity contribution in [1.29, 1.82) is 0 Å². The molecule has 1 fully saturated rings. The van der Waals surface area contributed by atoms with Gasteiger partial charge in [0, 0.05) is 24.7 Å². The smallest absolute Gasteiger partial charge is 0.270 e. The van der Waals surface area contributed by atoms with Crippen LogP contribution in [0.5, 0.6) is 0 Å². The fourth-order valence-electron chi connectivity index (χ4n) is 2.92. The van der Waals surface area contributed by atoms with Crippen molar-refractivity contribution in [3.05, 3.63) is 65.2 Å². The zero-order valence-corrected chi connectivity index (χ0v) is 16.5. The van der Waals surface area contributed by atoms with Gasteiger partial charge in [0.15, 0.2) is 0 Å². The number of furan rings is 1. The SMILES string of the molecule is CC(C)(C)c1ccc(C(=O)NC(=Cc2ccco2)C(=O)N2CCOCC2)cc1. The number of ether oxygens (including phenoxy) is 1. The summed E-state index contributed by atoms with van der Waals surface area (Å²) in [5.74, 6) is -0.0840. The highest BCUT2D eigenvalue weighted by molar-refractivity contribution is 6.05. The Morgan fingerprint density at radius 2 is 1.75 bits per heavy atom. The molecule has 6 nitrogen and oxygen atoms in total. The van der Waals surface area contributed by atoms with E-state index in [2.05, 4.69) is 26.1 Å². The first-order valence-corrected chi connectivity index (χ1v) is 9.39. The van der Waals surface area contributed by atoms with Gasteiger partial charge in [0.1, 0.15) is 11.5 Å². The maximum atomic E-state index is 12.9. The van der Waals surface area contributed by atoms with E-state index in [4.69, 9.17) is 9.15 Å². The molecule has 1 aromatic heterocycles. The molecule has 0 saturated carbocycles. The zero-order valence-electron chi connectivity index (χ0n) is 16.5. The number of hydrogen-bond acceptors (Lipinski definition) is 4. The van der Waals surface area contributed by atoms with Gasteiger partial charge in [0.25, 0.3) is 11.8 Å². The third-order valence-corrected chi connectivity index (χ3v) is 4.62. The average Bonchev–Trinajstić information content (AvgIpc) is 3.20. The van der Waals surface area contributed by atoms with Crippen LogP contribution < -0.4 is 5.32 Å². The Bertz CT molecular complexity index is 840. The molecule has 1 aliphatic rings. The van der Waals surface area contributed by atoms with Gasteiger partial charge in [-0.15, -0.1) is 0 Å². The van der Waals surface area contributed by atoms with Crippen molar-refractivity contribution < 1.29 is 18.7 Å². The third kappa shape index (κ3) is 4.89. The van der Waals surface area contributed by atoms with E-state index in [9.17, 15) is 9.59 Å². The van der Waals surface area contributed by atoms with Crippen LogP contribution in [0, 0.1) is 0 Å². The van der Waals surface area contributed by atoms with E-state index < -0.39 is 0 Å². The predicted octanol–water partition coefficient (Wildman–Crippen LogP) is 3.21. The van der Waals surface area contributed by atoms with E-state index in [0.29, 0.717) is 37.6 Å². The summed E-state index contributed by atoms with van der Waals surface area (Å²) >= 11 is 0. The molecule has 1 aromatic carbocycles. The Morgan fingerprint density at radius 3 is 2.32 bits per heavy atom. The van der Waals surface area contributed by atoms with Crippen molar-refractivity contribution in [1.82, 2.24) is 10.2 Å². The van der Waals surface area contributed by atoms with Crippen molar-refractivity contribution in [2.24, 2.45) is 0 Å². The van der Waals surface area contributed by atoms with Crippen LogP contribution in [-0.2, 0) is 14.9 Å². The van der Waals surface area contributed by atoms with Crippen molar-refractivity contribution in [2.75, 3.05) is 26.3 Å². The lowest BCUT2D eigenvalue weighted by molar-refractivity contribution is -0.131. The van der Waals surface area contributed by atoms with Crippen LogP contribution in [0.4, 0.5) is 0 Å². The largest absolute Gasteiger partial charge is 0.465 e. The monoisotopic (exact) mass is 382 g/mol. The first kappa shape index (κ1) is 19.9. The molecule has 0 atom stereocenters. The number of nitrogens with zero attached hydrogens (tertiary/aromatic N) is 1. The van der Waals surface area contributed by atoms with Crippen molar-refractivity contribution in [2.45, 2.75) is 26.2 Å². The molecule has 6 heteroatoms. The Hall–Kier alpha value is -2.86. The third-order valence-electron chi connectivity index (χ3n) is 4.62. The predicted molar refractivity (Wildman–Crippen MR) is 107 cm³/mol. The number of hydrogen-bond donors (Lipinski definition) is 1. The lowest BCUT2D eigenvalue weighted by Gasteiger charge is -2.27. The molecule has 1 saturated heterocycles. The number of rotatable bonds is 4.